The van der Waals surface area contributed by atoms with E-state index in [9.17, 15) is 0 Å². The second kappa shape index (κ2) is 11.6. The van der Waals surface area contributed by atoms with Crippen LogP contribution in [0.4, 0.5) is 0 Å². The van der Waals surface area contributed by atoms with Crippen LogP contribution >= 0.6 is 0 Å². The monoisotopic (exact) mass is 632 g/mol. The van der Waals surface area contributed by atoms with Gasteiger partial charge in [-0.05, 0) is 117 Å². The third kappa shape index (κ3) is 4.54. The Labute approximate surface area is 291 Å². The number of hydrogen-bond donors (Lipinski definition) is 0. The number of benzene rings is 10. The van der Waals surface area contributed by atoms with Crippen LogP contribution in [0.2, 0.25) is 0 Å². The summed E-state index contributed by atoms with van der Waals surface area (Å²) >= 11 is 0. The zero-order valence-corrected chi connectivity index (χ0v) is 27.5. The summed E-state index contributed by atoms with van der Waals surface area (Å²) in [5.74, 6) is 0. The summed E-state index contributed by atoms with van der Waals surface area (Å²) in [6, 6.07) is 71.3. The normalized spacial score (nSPS) is 11.6. The van der Waals surface area contributed by atoms with Gasteiger partial charge in [0, 0.05) is 0 Å². The van der Waals surface area contributed by atoms with E-state index >= 15 is 0 Å². The molecule has 0 aliphatic rings. The summed E-state index contributed by atoms with van der Waals surface area (Å²) in [5.41, 5.74) is 9.99. The Morgan fingerprint density at radius 3 is 1.48 bits per heavy atom. The van der Waals surface area contributed by atoms with Crippen LogP contribution in [0.25, 0.3) is 98.4 Å². The molecule has 0 heteroatoms. The molecule has 10 aromatic rings. The highest BCUT2D eigenvalue weighted by atomic mass is 14.2. The van der Waals surface area contributed by atoms with Crippen molar-refractivity contribution in [1.82, 2.24) is 0 Å². The second-order valence-electron chi connectivity index (χ2n) is 13.2. The Morgan fingerprint density at radius 1 is 0.200 bits per heavy atom. The summed E-state index contributed by atoms with van der Waals surface area (Å²) in [6.45, 7) is 0. The molecule has 0 heterocycles. The van der Waals surface area contributed by atoms with Crippen molar-refractivity contribution in [2.45, 2.75) is 0 Å². The minimum Gasteiger partial charge on any atom is -0.0622 e. The lowest BCUT2D eigenvalue weighted by molar-refractivity contribution is 1.63. The van der Waals surface area contributed by atoms with Crippen molar-refractivity contribution >= 4 is 53.9 Å². The lowest BCUT2D eigenvalue weighted by Crippen LogP contribution is -1.92. The van der Waals surface area contributed by atoms with Crippen LogP contribution in [0.15, 0.2) is 194 Å². The van der Waals surface area contributed by atoms with Crippen LogP contribution < -0.4 is 0 Å². The number of rotatable bonds is 4. The van der Waals surface area contributed by atoms with Gasteiger partial charge < -0.3 is 0 Å². The highest BCUT2D eigenvalue weighted by molar-refractivity contribution is 6.24. The first-order chi connectivity index (χ1) is 24.8. The van der Waals surface area contributed by atoms with Gasteiger partial charge in [0.25, 0.3) is 0 Å². The highest BCUT2D eigenvalue weighted by Crippen LogP contribution is 2.46. The molecule has 10 aromatic carbocycles. The van der Waals surface area contributed by atoms with Gasteiger partial charge in [-0.15, -0.1) is 0 Å². The lowest BCUT2D eigenvalue weighted by atomic mass is 9.84. The topological polar surface area (TPSA) is 0 Å². The molecule has 0 fully saturated rings. The van der Waals surface area contributed by atoms with E-state index in [2.05, 4.69) is 194 Å². The summed E-state index contributed by atoms with van der Waals surface area (Å²) in [4.78, 5) is 0. The van der Waals surface area contributed by atoms with E-state index in [-0.39, 0.29) is 0 Å². The molecule has 50 heavy (non-hydrogen) atoms. The zero-order valence-electron chi connectivity index (χ0n) is 27.5. The SMILES string of the molecule is c1ccc(-c2ccc3cccc(-c4c5ccccc5c(-c5cccc(-c6cc7ccccc7c7ccccc67)c5)c5ccccc45)c3c2)cc1. The van der Waals surface area contributed by atoms with E-state index in [1.807, 2.05) is 0 Å². The maximum Gasteiger partial charge on any atom is -0.00201 e. The highest BCUT2D eigenvalue weighted by Gasteiger charge is 2.19. The zero-order chi connectivity index (χ0) is 33.0. The van der Waals surface area contributed by atoms with Crippen molar-refractivity contribution in [2.75, 3.05) is 0 Å². The van der Waals surface area contributed by atoms with Crippen LogP contribution in [0.5, 0.6) is 0 Å². The summed E-state index contributed by atoms with van der Waals surface area (Å²) in [7, 11) is 0. The van der Waals surface area contributed by atoms with Gasteiger partial charge >= 0.3 is 0 Å². The van der Waals surface area contributed by atoms with Gasteiger partial charge in [0.1, 0.15) is 0 Å². The van der Waals surface area contributed by atoms with E-state index in [4.69, 9.17) is 0 Å². The van der Waals surface area contributed by atoms with E-state index in [1.54, 1.807) is 0 Å². The molecule has 0 saturated heterocycles. The predicted molar refractivity (Wildman–Crippen MR) is 216 cm³/mol. The summed E-state index contributed by atoms with van der Waals surface area (Å²) in [6.07, 6.45) is 0. The fourth-order valence-electron chi connectivity index (χ4n) is 8.17. The maximum atomic E-state index is 2.40. The first kappa shape index (κ1) is 28.5. The third-order valence-electron chi connectivity index (χ3n) is 10.4. The van der Waals surface area contributed by atoms with Gasteiger partial charge in [-0.2, -0.15) is 0 Å². The molecule has 0 amide bonds. The molecule has 0 nitrogen and oxygen atoms in total. The van der Waals surface area contributed by atoms with E-state index < -0.39 is 0 Å². The minimum atomic E-state index is 1.22. The molecule has 232 valence electrons. The Bertz CT molecular complexity index is 2860. The quantitative estimate of drug-likeness (QED) is 0.134. The predicted octanol–water partition coefficient (Wildman–Crippen LogP) is 14.1. The van der Waals surface area contributed by atoms with Crippen molar-refractivity contribution in [3.8, 4) is 44.5 Å². The average molecular weight is 633 g/mol. The van der Waals surface area contributed by atoms with Crippen LogP contribution in [0, 0.1) is 0 Å². The summed E-state index contributed by atoms with van der Waals surface area (Å²) in [5, 5.41) is 12.7. The van der Waals surface area contributed by atoms with Crippen molar-refractivity contribution in [1.29, 1.82) is 0 Å². The third-order valence-corrected chi connectivity index (χ3v) is 10.4. The fourth-order valence-corrected chi connectivity index (χ4v) is 8.17. The van der Waals surface area contributed by atoms with Crippen molar-refractivity contribution in [2.24, 2.45) is 0 Å². The van der Waals surface area contributed by atoms with Crippen molar-refractivity contribution in [3.63, 3.8) is 0 Å². The van der Waals surface area contributed by atoms with Gasteiger partial charge in [-0.1, -0.05) is 176 Å². The maximum absolute atomic E-state index is 2.40. The molecule has 0 spiro atoms. The Kier molecular flexibility index (Phi) is 6.60. The van der Waals surface area contributed by atoms with Crippen LogP contribution in [0.1, 0.15) is 0 Å². The molecule has 0 aliphatic carbocycles. The smallest absolute Gasteiger partial charge is 0.00201 e. The Balaban J connectivity index is 1.24. The van der Waals surface area contributed by atoms with Crippen molar-refractivity contribution < 1.29 is 0 Å². The van der Waals surface area contributed by atoms with Crippen LogP contribution in [-0.2, 0) is 0 Å². The van der Waals surface area contributed by atoms with Gasteiger partial charge in [-0.3, -0.25) is 0 Å². The van der Waals surface area contributed by atoms with E-state index in [0.717, 1.165) is 0 Å². The van der Waals surface area contributed by atoms with Crippen LogP contribution in [-0.4, -0.2) is 0 Å². The molecule has 0 aliphatic heterocycles. The molecular formula is C50H32. The molecule has 0 N–H and O–H groups in total. The standard InChI is InChI=1S/C50H32/c1-2-14-33(15-3-1)35-29-28-34-17-13-27-46(47(34)31-35)50-44-25-10-8-23-42(44)49(43-24-9-11-26-45(43)50)38-19-12-18-36(30-38)48-32-37-16-4-5-20-39(37)40-21-6-7-22-41(40)48/h1-32H. The first-order valence-corrected chi connectivity index (χ1v) is 17.4. The fraction of sp³-hybridized carbons (Fsp3) is 0. The molecule has 0 atom stereocenters. The minimum absolute atomic E-state index is 1.22. The van der Waals surface area contributed by atoms with Gasteiger partial charge in [0.05, 0.1) is 0 Å². The summed E-state index contributed by atoms with van der Waals surface area (Å²) < 4.78 is 0. The molecule has 0 unspecified atom stereocenters. The molecule has 0 radical (unpaired) electrons. The molecule has 0 bridgehead atoms. The van der Waals surface area contributed by atoms with Crippen molar-refractivity contribution in [3.05, 3.63) is 194 Å². The Morgan fingerprint density at radius 2 is 0.740 bits per heavy atom. The van der Waals surface area contributed by atoms with Gasteiger partial charge in [0.15, 0.2) is 0 Å². The largest absolute Gasteiger partial charge is 0.0622 e. The van der Waals surface area contributed by atoms with Crippen LogP contribution in [0.3, 0.4) is 0 Å². The van der Waals surface area contributed by atoms with Gasteiger partial charge in [0.2, 0.25) is 0 Å². The molecule has 0 saturated carbocycles. The number of fused-ring (bicyclic) bond motifs is 6. The van der Waals surface area contributed by atoms with E-state index in [0.29, 0.717) is 0 Å². The average Bonchev–Trinajstić information content (AvgIpc) is 3.19. The molecule has 0 aromatic heterocycles. The second-order valence-corrected chi connectivity index (χ2v) is 13.2. The first-order valence-electron chi connectivity index (χ1n) is 17.4. The molecule has 10 rings (SSSR count). The van der Waals surface area contributed by atoms with E-state index in [1.165, 1.54) is 98.4 Å². The van der Waals surface area contributed by atoms with Gasteiger partial charge in [-0.25, -0.2) is 0 Å². The Hall–Kier alpha value is -6.50. The molecular weight excluding hydrogens is 601 g/mol. The lowest BCUT2D eigenvalue weighted by Gasteiger charge is -2.19. The number of hydrogen-bond acceptors (Lipinski definition) is 0.